The van der Waals surface area contributed by atoms with Gasteiger partial charge in [-0.05, 0) is 0 Å². The minimum absolute atomic E-state index is 0.198. The molecule has 0 aromatic carbocycles. The SMILES string of the molecule is O=C(O)Cc1nc2nc[nH]c(=O)c2[nH]1. The molecule has 0 unspecified atom stereocenters. The predicted octanol–water partition coefficient (Wildman–Crippen LogP) is -0.727. The molecular formula is C7H6N4O3. The van der Waals surface area contributed by atoms with Gasteiger partial charge < -0.3 is 15.1 Å². The van der Waals surface area contributed by atoms with Crippen molar-refractivity contribution in [1.82, 2.24) is 19.9 Å². The van der Waals surface area contributed by atoms with Crippen molar-refractivity contribution in [3.05, 3.63) is 22.5 Å². The number of aliphatic carboxylic acids is 1. The van der Waals surface area contributed by atoms with E-state index in [1.54, 1.807) is 0 Å². The third-order valence-electron chi connectivity index (χ3n) is 1.66. The number of nitrogens with zero attached hydrogens (tertiary/aromatic N) is 2. The van der Waals surface area contributed by atoms with Gasteiger partial charge in [-0.2, -0.15) is 0 Å². The fourth-order valence-electron chi connectivity index (χ4n) is 1.11. The highest BCUT2D eigenvalue weighted by Gasteiger charge is 2.09. The molecule has 2 heterocycles. The number of rotatable bonds is 2. The number of imidazole rings is 1. The average Bonchev–Trinajstić information content (AvgIpc) is 2.47. The third kappa shape index (κ3) is 1.35. The van der Waals surface area contributed by atoms with Gasteiger partial charge in [0.15, 0.2) is 11.2 Å². The number of carboxylic acid groups (broad SMARTS) is 1. The summed E-state index contributed by atoms with van der Waals surface area (Å²) in [5.74, 6) is -0.794. The minimum Gasteiger partial charge on any atom is -0.481 e. The van der Waals surface area contributed by atoms with E-state index in [-0.39, 0.29) is 29.0 Å². The molecule has 0 spiro atoms. The second kappa shape index (κ2) is 2.95. The maximum absolute atomic E-state index is 11.2. The lowest BCUT2D eigenvalue weighted by Crippen LogP contribution is -2.06. The van der Waals surface area contributed by atoms with E-state index in [4.69, 9.17) is 5.11 Å². The van der Waals surface area contributed by atoms with Crippen molar-refractivity contribution >= 4 is 17.1 Å². The molecule has 0 atom stereocenters. The van der Waals surface area contributed by atoms with E-state index < -0.39 is 5.97 Å². The van der Waals surface area contributed by atoms with E-state index in [1.807, 2.05) is 0 Å². The summed E-state index contributed by atoms with van der Waals surface area (Å²) in [5.41, 5.74) is 0.0629. The van der Waals surface area contributed by atoms with Gasteiger partial charge in [0.1, 0.15) is 12.2 Å². The van der Waals surface area contributed by atoms with E-state index in [0.29, 0.717) is 0 Å². The van der Waals surface area contributed by atoms with Crippen LogP contribution in [0.25, 0.3) is 11.2 Å². The first-order chi connectivity index (χ1) is 6.66. The average molecular weight is 194 g/mol. The van der Waals surface area contributed by atoms with Crippen LogP contribution in [0.4, 0.5) is 0 Å². The molecule has 0 saturated carbocycles. The molecule has 14 heavy (non-hydrogen) atoms. The summed E-state index contributed by atoms with van der Waals surface area (Å²) >= 11 is 0. The Morgan fingerprint density at radius 3 is 3.00 bits per heavy atom. The molecule has 0 aliphatic carbocycles. The Balaban J connectivity index is 2.57. The van der Waals surface area contributed by atoms with Gasteiger partial charge in [-0.1, -0.05) is 0 Å². The molecule has 0 radical (unpaired) electrons. The minimum atomic E-state index is -1.01. The molecular weight excluding hydrogens is 188 g/mol. The van der Waals surface area contributed by atoms with Crippen LogP contribution in [0.1, 0.15) is 5.82 Å². The van der Waals surface area contributed by atoms with Crippen LogP contribution in [0.3, 0.4) is 0 Å². The predicted molar refractivity (Wildman–Crippen MR) is 45.8 cm³/mol. The van der Waals surface area contributed by atoms with Crippen LogP contribution in [-0.4, -0.2) is 31.0 Å². The monoisotopic (exact) mass is 194 g/mol. The maximum atomic E-state index is 11.2. The van der Waals surface area contributed by atoms with Gasteiger partial charge in [-0.25, -0.2) is 9.97 Å². The first-order valence-corrected chi connectivity index (χ1v) is 3.81. The van der Waals surface area contributed by atoms with Crippen LogP contribution < -0.4 is 5.56 Å². The van der Waals surface area contributed by atoms with Crippen LogP contribution in [0, 0.1) is 0 Å². The number of H-pyrrole nitrogens is 2. The molecule has 2 rings (SSSR count). The van der Waals surface area contributed by atoms with E-state index in [1.165, 1.54) is 6.33 Å². The van der Waals surface area contributed by atoms with Crippen molar-refractivity contribution < 1.29 is 9.90 Å². The van der Waals surface area contributed by atoms with Gasteiger partial charge in [0.2, 0.25) is 0 Å². The number of carbonyl (C=O) groups is 1. The van der Waals surface area contributed by atoms with Crippen LogP contribution in [0.5, 0.6) is 0 Å². The highest BCUT2D eigenvalue weighted by Crippen LogP contribution is 2.02. The topological polar surface area (TPSA) is 112 Å². The Morgan fingerprint density at radius 1 is 1.57 bits per heavy atom. The van der Waals surface area contributed by atoms with Crippen molar-refractivity contribution in [2.45, 2.75) is 6.42 Å². The zero-order valence-electron chi connectivity index (χ0n) is 6.94. The normalized spacial score (nSPS) is 10.6. The van der Waals surface area contributed by atoms with Gasteiger partial charge in [0.05, 0.1) is 6.33 Å². The van der Waals surface area contributed by atoms with Gasteiger partial charge in [-0.15, -0.1) is 0 Å². The van der Waals surface area contributed by atoms with Crippen LogP contribution in [0.2, 0.25) is 0 Å². The lowest BCUT2D eigenvalue weighted by molar-refractivity contribution is -0.136. The van der Waals surface area contributed by atoms with Crippen molar-refractivity contribution in [3.8, 4) is 0 Å². The molecule has 0 saturated heterocycles. The molecule has 0 amide bonds. The molecule has 0 bridgehead atoms. The highest BCUT2D eigenvalue weighted by atomic mass is 16.4. The van der Waals surface area contributed by atoms with Gasteiger partial charge in [0.25, 0.3) is 5.56 Å². The third-order valence-corrected chi connectivity index (χ3v) is 1.66. The smallest absolute Gasteiger partial charge is 0.311 e. The van der Waals surface area contributed by atoms with Crippen LogP contribution >= 0.6 is 0 Å². The number of hydrogen-bond acceptors (Lipinski definition) is 4. The van der Waals surface area contributed by atoms with Gasteiger partial charge in [-0.3, -0.25) is 9.59 Å². The van der Waals surface area contributed by atoms with Crippen molar-refractivity contribution in [1.29, 1.82) is 0 Å². The Hall–Kier alpha value is -2.18. The Bertz CT molecular complexity index is 541. The summed E-state index contributed by atoms with van der Waals surface area (Å²) in [6.45, 7) is 0. The van der Waals surface area contributed by atoms with Gasteiger partial charge >= 0.3 is 5.97 Å². The van der Waals surface area contributed by atoms with E-state index in [9.17, 15) is 9.59 Å². The summed E-state index contributed by atoms with van der Waals surface area (Å²) in [5, 5.41) is 8.50. The first-order valence-electron chi connectivity index (χ1n) is 3.81. The molecule has 7 heteroatoms. The standard InChI is InChI=1S/C7H6N4O3/c12-4(13)1-3-10-5-6(11-3)8-2-9-7(5)14/h2H,1H2,(H,12,13)(H2,8,9,10,11,14). The van der Waals surface area contributed by atoms with Crippen LogP contribution in [-0.2, 0) is 11.2 Å². The summed E-state index contributed by atoms with van der Waals surface area (Å²) in [7, 11) is 0. The fourth-order valence-corrected chi connectivity index (χ4v) is 1.11. The number of hydrogen-bond donors (Lipinski definition) is 3. The quantitative estimate of drug-likeness (QED) is 0.583. The molecule has 0 fully saturated rings. The lowest BCUT2D eigenvalue weighted by atomic mass is 10.4. The summed E-state index contributed by atoms with van der Waals surface area (Å²) in [6, 6.07) is 0. The Morgan fingerprint density at radius 2 is 2.36 bits per heavy atom. The molecule has 2 aromatic rings. The lowest BCUT2D eigenvalue weighted by Gasteiger charge is -1.85. The number of aromatic nitrogens is 4. The Kier molecular flexibility index (Phi) is 1.77. The van der Waals surface area contributed by atoms with Crippen molar-refractivity contribution in [2.24, 2.45) is 0 Å². The Labute approximate surface area is 76.8 Å². The maximum Gasteiger partial charge on any atom is 0.311 e. The summed E-state index contributed by atoms with van der Waals surface area (Å²) < 4.78 is 0. The molecule has 2 aromatic heterocycles. The van der Waals surface area contributed by atoms with Crippen molar-refractivity contribution in [2.75, 3.05) is 0 Å². The molecule has 0 aliphatic heterocycles. The summed E-state index contributed by atoms with van der Waals surface area (Å²) in [6.07, 6.45) is 0.964. The van der Waals surface area contributed by atoms with Gasteiger partial charge in [0, 0.05) is 0 Å². The number of nitrogens with one attached hydrogen (secondary N) is 2. The molecule has 7 nitrogen and oxygen atoms in total. The van der Waals surface area contributed by atoms with E-state index in [0.717, 1.165) is 0 Å². The van der Waals surface area contributed by atoms with E-state index in [2.05, 4.69) is 19.9 Å². The molecule has 72 valence electrons. The second-order valence-electron chi connectivity index (χ2n) is 2.68. The second-order valence-corrected chi connectivity index (χ2v) is 2.68. The number of aromatic amines is 2. The number of carboxylic acids is 1. The van der Waals surface area contributed by atoms with Crippen LogP contribution in [0.15, 0.2) is 11.1 Å². The summed E-state index contributed by atoms with van der Waals surface area (Å²) in [4.78, 5) is 34.1. The zero-order chi connectivity index (χ0) is 10.1. The zero-order valence-corrected chi connectivity index (χ0v) is 6.94. The largest absolute Gasteiger partial charge is 0.481 e. The first kappa shape index (κ1) is 8.42. The van der Waals surface area contributed by atoms with E-state index >= 15 is 0 Å². The molecule has 3 N–H and O–H groups in total. The highest BCUT2D eigenvalue weighted by molar-refractivity contribution is 5.73. The fraction of sp³-hybridized carbons (Fsp3) is 0.143. The van der Waals surface area contributed by atoms with Crippen molar-refractivity contribution in [3.63, 3.8) is 0 Å². The molecule has 0 aliphatic rings. The number of fused-ring (bicyclic) bond motifs is 1.